The van der Waals surface area contributed by atoms with Crippen molar-refractivity contribution in [3.8, 4) is 5.69 Å². The third-order valence-electron chi connectivity index (χ3n) is 4.06. The van der Waals surface area contributed by atoms with Crippen LogP contribution in [0.1, 0.15) is 0 Å². The maximum absolute atomic E-state index is 13.1. The number of hydrogen-bond donors (Lipinski definition) is 0. The molecule has 5 aromatic rings. The number of diazo groups is 1. The Morgan fingerprint density at radius 1 is 1.04 bits per heavy atom. The minimum atomic E-state index is -0.299. The molecule has 9 heteroatoms. The summed E-state index contributed by atoms with van der Waals surface area (Å²) in [5.74, 6) is 0.0726. The molecule has 0 unspecified atom stereocenters. The molecule has 0 saturated heterocycles. The van der Waals surface area contributed by atoms with Crippen LogP contribution in [0.15, 0.2) is 59.4 Å². The molecule has 0 aliphatic carbocycles. The Morgan fingerprint density at radius 2 is 1.77 bits per heavy atom. The van der Waals surface area contributed by atoms with Gasteiger partial charge in [-0.3, -0.25) is 4.79 Å². The topological polar surface area (TPSA) is 80.3 Å². The Morgan fingerprint density at radius 3 is 2.54 bits per heavy atom. The predicted molar refractivity (Wildman–Crippen MR) is 96.2 cm³/mol. The van der Waals surface area contributed by atoms with Gasteiger partial charge in [0.15, 0.2) is 10.6 Å². The van der Waals surface area contributed by atoms with Crippen molar-refractivity contribution in [1.82, 2.24) is 19.2 Å². The molecule has 5 rings (SSSR count). The van der Waals surface area contributed by atoms with Crippen molar-refractivity contribution in [2.24, 2.45) is 0 Å². The Bertz CT molecular complexity index is 1380. The van der Waals surface area contributed by atoms with Gasteiger partial charge in [-0.25, -0.2) is 4.40 Å². The lowest BCUT2D eigenvalue weighted by Crippen LogP contribution is -3.00. The van der Waals surface area contributed by atoms with Crippen LogP contribution in [-0.4, -0.2) is 19.2 Å². The molecule has 26 heavy (non-hydrogen) atoms. The number of halogens is 1. The first-order chi connectivity index (χ1) is 12.3. The lowest BCUT2D eigenvalue weighted by atomic mass is 10.3. The summed E-state index contributed by atoms with van der Waals surface area (Å²) in [7, 11) is 0. The Kier molecular flexibility index (Phi) is 3.68. The number of fused-ring (bicyclic) bond motifs is 4. The summed E-state index contributed by atoms with van der Waals surface area (Å²) in [4.78, 5) is 21.5. The summed E-state index contributed by atoms with van der Waals surface area (Å²) in [5, 5.41) is 14.1. The van der Waals surface area contributed by atoms with Crippen LogP contribution in [0.3, 0.4) is 0 Å². The van der Waals surface area contributed by atoms with E-state index in [0.29, 0.717) is 10.6 Å². The van der Waals surface area contributed by atoms with Gasteiger partial charge in [0.2, 0.25) is 11.0 Å². The van der Waals surface area contributed by atoms with Gasteiger partial charge in [-0.2, -0.15) is 4.98 Å². The van der Waals surface area contributed by atoms with Gasteiger partial charge in [-0.1, -0.05) is 51.4 Å². The fraction of sp³-hybridized carbons (Fsp3) is 0. The van der Waals surface area contributed by atoms with Crippen molar-refractivity contribution in [1.29, 1.82) is 5.39 Å². The van der Waals surface area contributed by atoms with E-state index in [-0.39, 0.29) is 34.8 Å². The zero-order valence-corrected chi connectivity index (χ0v) is 14.6. The van der Waals surface area contributed by atoms with Crippen LogP contribution in [0.4, 0.5) is 5.82 Å². The van der Waals surface area contributed by atoms with E-state index in [1.54, 1.807) is 0 Å². The highest BCUT2D eigenvalue weighted by Crippen LogP contribution is 2.29. The van der Waals surface area contributed by atoms with E-state index in [4.69, 9.17) is 0 Å². The van der Waals surface area contributed by atoms with Crippen molar-refractivity contribution < 1.29 is 12.4 Å². The largest absolute Gasteiger partial charge is 1.00 e. The van der Waals surface area contributed by atoms with E-state index in [0.717, 1.165) is 10.2 Å². The number of aromatic nitrogens is 4. The number of rotatable bonds is 1. The van der Waals surface area contributed by atoms with E-state index in [9.17, 15) is 10.2 Å². The maximum Gasteiger partial charge on any atom is 0.466 e. The van der Waals surface area contributed by atoms with Crippen LogP contribution in [0.5, 0.6) is 0 Å². The molecule has 0 aliphatic rings. The zero-order valence-electron chi connectivity index (χ0n) is 13.1. The van der Waals surface area contributed by atoms with E-state index < -0.39 is 0 Å². The minimum Gasteiger partial charge on any atom is -1.00 e. The van der Waals surface area contributed by atoms with Gasteiger partial charge in [0, 0.05) is 4.98 Å². The van der Waals surface area contributed by atoms with Crippen LogP contribution < -0.4 is 18.0 Å². The number of nitrogens with zero attached hydrogens (tertiary/aromatic N) is 6. The quantitative estimate of drug-likeness (QED) is 0.402. The second-order valence-electron chi connectivity index (χ2n) is 5.47. The van der Waals surface area contributed by atoms with Crippen molar-refractivity contribution in [3.05, 3.63) is 69.9 Å². The summed E-state index contributed by atoms with van der Waals surface area (Å²) < 4.78 is 3.91. The Balaban J connectivity index is 0.00000168. The van der Waals surface area contributed by atoms with E-state index in [1.807, 2.05) is 54.6 Å². The predicted octanol–water partition coefficient (Wildman–Crippen LogP) is 0.737. The smallest absolute Gasteiger partial charge is 0.466 e. The Hall–Kier alpha value is -3.28. The van der Waals surface area contributed by atoms with Gasteiger partial charge in [-0.15, -0.1) is 0 Å². The molecule has 0 spiro atoms. The molecule has 7 nitrogen and oxygen atoms in total. The highest BCUT2D eigenvalue weighted by atomic mass is 35.5. The molecular formula is C17H9ClN6OS. The summed E-state index contributed by atoms with van der Waals surface area (Å²) in [6.07, 6.45) is 0. The number of hydrogen-bond acceptors (Lipinski definition) is 5. The molecule has 3 aromatic heterocycles. The number of para-hydroxylation sites is 2. The minimum absolute atomic E-state index is 0. The molecule has 126 valence electrons. The van der Waals surface area contributed by atoms with Gasteiger partial charge < -0.3 is 12.4 Å². The lowest BCUT2D eigenvalue weighted by Gasteiger charge is -1.92. The second kappa shape index (κ2) is 5.91. The van der Waals surface area contributed by atoms with Crippen LogP contribution >= 0.6 is 11.3 Å². The fourth-order valence-electron chi connectivity index (χ4n) is 2.96. The van der Waals surface area contributed by atoms with Crippen molar-refractivity contribution in [2.75, 3.05) is 0 Å². The van der Waals surface area contributed by atoms with Crippen LogP contribution in [0, 0.1) is 5.39 Å². The van der Waals surface area contributed by atoms with Crippen LogP contribution in [-0.2, 0) is 0 Å². The standard InChI is InChI=1S/C17H9N6OS.ClH/c18-20-15-13-14(21-23(15)10-6-2-1-3-7-10)19-17-22(16(13)24)11-8-4-5-9-12(11)25-17;/h1-9H;1H/q+1;/p-1. The monoisotopic (exact) mass is 380 g/mol. The van der Waals surface area contributed by atoms with Gasteiger partial charge in [0.05, 0.1) is 15.6 Å². The highest BCUT2D eigenvalue weighted by molar-refractivity contribution is 7.23. The second-order valence-corrected chi connectivity index (χ2v) is 6.48. The molecular weight excluding hydrogens is 372 g/mol. The summed E-state index contributed by atoms with van der Waals surface area (Å²) in [6, 6.07) is 16.8. The first kappa shape index (κ1) is 16.2. The normalized spacial score (nSPS) is 10.9. The van der Waals surface area contributed by atoms with Crippen molar-refractivity contribution >= 4 is 43.4 Å². The van der Waals surface area contributed by atoms with E-state index >= 15 is 0 Å². The molecule has 0 bridgehead atoms. The summed E-state index contributed by atoms with van der Waals surface area (Å²) >= 11 is 1.42. The average Bonchev–Trinajstić information content (AvgIpc) is 3.20. The van der Waals surface area contributed by atoms with Crippen molar-refractivity contribution in [2.45, 2.75) is 0 Å². The molecule has 3 heterocycles. The van der Waals surface area contributed by atoms with Crippen LogP contribution in [0.25, 0.3) is 36.9 Å². The molecule has 0 N–H and O–H groups in total. The maximum atomic E-state index is 13.1. The molecule has 0 radical (unpaired) electrons. The SMILES string of the molecule is N#[N+]c1c2c(=O)n3c(nc2nn1-c1ccccc1)sc1ccccc13.[Cl-]. The van der Waals surface area contributed by atoms with Crippen LogP contribution in [0.2, 0.25) is 0 Å². The fourth-order valence-corrected chi connectivity index (χ4v) is 3.97. The van der Waals surface area contributed by atoms with Crippen molar-refractivity contribution in [3.63, 3.8) is 0 Å². The third kappa shape index (κ3) is 2.12. The molecule has 0 fully saturated rings. The third-order valence-corrected chi connectivity index (χ3v) is 5.08. The van der Waals surface area contributed by atoms with Gasteiger partial charge >= 0.3 is 5.82 Å². The highest BCUT2D eigenvalue weighted by Gasteiger charge is 2.29. The first-order valence-electron chi connectivity index (χ1n) is 7.51. The van der Waals surface area contributed by atoms with Gasteiger partial charge in [0.25, 0.3) is 5.56 Å². The first-order valence-corrected chi connectivity index (χ1v) is 8.33. The zero-order chi connectivity index (χ0) is 17.0. The lowest BCUT2D eigenvalue weighted by molar-refractivity contribution is -0.00000519. The number of benzene rings is 2. The summed E-state index contributed by atoms with van der Waals surface area (Å²) in [5.41, 5.74) is 1.42. The molecule has 0 amide bonds. The average molecular weight is 381 g/mol. The molecule has 0 saturated carbocycles. The van der Waals surface area contributed by atoms with E-state index in [2.05, 4.69) is 15.1 Å². The Labute approximate surface area is 156 Å². The summed E-state index contributed by atoms with van der Waals surface area (Å²) in [6.45, 7) is 0. The molecule has 2 aromatic carbocycles. The number of thiazole rings is 1. The molecule has 0 aliphatic heterocycles. The van der Waals surface area contributed by atoms with Gasteiger partial charge in [0.1, 0.15) is 0 Å². The van der Waals surface area contributed by atoms with Gasteiger partial charge in [-0.05, 0) is 24.3 Å². The molecule has 0 atom stereocenters. The van der Waals surface area contributed by atoms with E-state index in [1.165, 1.54) is 20.4 Å².